The number of fused-ring (bicyclic) bond motifs is 2. The molecule has 1 N–H and O–H groups in total. The van der Waals surface area contributed by atoms with E-state index < -0.39 is 17.7 Å². The second kappa shape index (κ2) is 10.2. The Balaban J connectivity index is 2.01. The SMILES string of the molecule is CN=C/C=C1/CCOc2ccc(-c3c([C@H](OC(C)(C)CCl)C(=O)O)c(C)cc4ccccc34)cc21. The second-order valence-electron chi connectivity index (χ2n) is 9.34. The van der Waals surface area contributed by atoms with E-state index in [0.717, 1.165) is 50.8 Å². The summed E-state index contributed by atoms with van der Waals surface area (Å²) in [6.45, 7) is 6.14. The van der Waals surface area contributed by atoms with Crippen LogP contribution in [0.15, 0.2) is 59.6 Å². The molecule has 0 aliphatic carbocycles. The van der Waals surface area contributed by atoms with Crippen LogP contribution in [0, 0.1) is 6.92 Å². The summed E-state index contributed by atoms with van der Waals surface area (Å²) in [4.78, 5) is 16.7. The molecule has 1 aliphatic heterocycles. The number of aryl methyl sites for hydroxylation is 1. The highest BCUT2D eigenvalue weighted by atomic mass is 35.5. The summed E-state index contributed by atoms with van der Waals surface area (Å²) in [6, 6.07) is 16.1. The van der Waals surface area contributed by atoms with Crippen molar-refractivity contribution in [2.45, 2.75) is 38.9 Å². The fourth-order valence-electron chi connectivity index (χ4n) is 4.54. The van der Waals surface area contributed by atoms with Crippen molar-refractivity contribution in [2.75, 3.05) is 19.5 Å². The van der Waals surface area contributed by atoms with Crippen LogP contribution in [-0.4, -0.2) is 42.4 Å². The molecule has 3 aromatic carbocycles. The van der Waals surface area contributed by atoms with Gasteiger partial charge in [0.15, 0.2) is 6.10 Å². The molecule has 0 amide bonds. The number of halogens is 1. The Hall–Kier alpha value is -3.15. The van der Waals surface area contributed by atoms with E-state index in [9.17, 15) is 9.90 Å². The fraction of sp³-hybridized carbons (Fsp3) is 0.310. The number of carboxylic acids is 1. The summed E-state index contributed by atoms with van der Waals surface area (Å²) < 4.78 is 12.0. The van der Waals surface area contributed by atoms with Crippen LogP contribution in [0.25, 0.3) is 27.5 Å². The lowest BCUT2D eigenvalue weighted by Gasteiger charge is -2.30. The first kappa shape index (κ1) is 25.0. The Morgan fingerprint density at radius 3 is 2.74 bits per heavy atom. The van der Waals surface area contributed by atoms with Crippen molar-refractivity contribution < 1.29 is 19.4 Å². The van der Waals surface area contributed by atoms with Gasteiger partial charge >= 0.3 is 5.97 Å². The maximum atomic E-state index is 12.6. The van der Waals surface area contributed by atoms with Gasteiger partial charge in [-0.25, -0.2) is 4.79 Å². The van der Waals surface area contributed by atoms with E-state index in [1.54, 1.807) is 27.1 Å². The summed E-state index contributed by atoms with van der Waals surface area (Å²) in [7, 11) is 1.74. The minimum Gasteiger partial charge on any atom is -0.493 e. The number of hydrogen-bond donors (Lipinski definition) is 1. The Bertz CT molecular complexity index is 1330. The molecule has 0 saturated carbocycles. The van der Waals surface area contributed by atoms with Crippen molar-refractivity contribution in [1.29, 1.82) is 0 Å². The molecule has 0 bridgehead atoms. The van der Waals surface area contributed by atoms with Gasteiger partial charge < -0.3 is 14.6 Å². The number of hydrogen-bond acceptors (Lipinski definition) is 4. The zero-order chi connectivity index (χ0) is 25.2. The predicted molar refractivity (Wildman–Crippen MR) is 143 cm³/mol. The van der Waals surface area contributed by atoms with Gasteiger partial charge in [-0.2, -0.15) is 0 Å². The van der Waals surface area contributed by atoms with Gasteiger partial charge in [-0.15, -0.1) is 11.6 Å². The Morgan fingerprint density at radius 1 is 1.26 bits per heavy atom. The molecule has 3 aromatic rings. The van der Waals surface area contributed by atoms with Gasteiger partial charge in [0.05, 0.1) is 18.1 Å². The average molecular weight is 492 g/mol. The molecule has 0 fully saturated rings. The molecule has 0 unspecified atom stereocenters. The first-order chi connectivity index (χ1) is 16.8. The van der Waals surface area contributed by atoms with Crippen LogP contribution in [0.1, 0.15) is 43.1 Å². The Morgan fingerprint density at radius 2 is 2.03 bits per heavy atom. The predicted octanol–water partition coefficient (Wildman–Crippen LogP) is 6.84. The topological polar surface area (TPSA) is 68.1 Å². The van der Waals surface area contributed by atoms with Gasteiger partial charge in [-0.05, 0) is 72.0 Å². The summed E-state index contributed by atoms with van der Waals surface area (Å²) in [5.41, 5.74) is 4.52. The Labute approximate surface area is 211 Å². The molecule has 1 aliphatic rings. The van der Waals surface area contributed by atoms with Crippen LogP contribution < -0.4 is 4.74 Å². The van der Waals surface area contributed by atoms with Crippen molar-refractivity contribution in [3.05, 3.63) is 71.3 Å². The highest BCUT2D eigenvalue weighted by Gasteiger charge is 2.33. The van der Waals surface area contributed by atoms with Crippen LogP contribution in [0.5, 0.6) is 5.75 Å². The fourth-order valence-corrected chi connectivity index (χ4v) is 4.60. The third-order valence-corrected chi connectivity index (χ3v) is 6.85. The summed E-state index contributed by atoms with van der Waals surface area (Å²) in [5.74, 6) is -0.0744. The van der Waals surface area contributed by atoms with Gasteiger partial charge in [-0.3, -0.25) is 4.99 Å². The number of aliphatic carboxylic acids is 1. The number of aliphatic imine (C=N–C) groups is 1. The molecular formula is C29H30ClNO4. The van der Waals surface area contributed by atoms with Gasteiger partial charge in [0, 0.05) is 30.8 Å². The molecule has 4 rings (SSSR count). The molecule has 6 heteroatoms. The van der Waals surface area contributed by atoms with Crippen molar-refractivity contribution in [2.24, 2.45) is 4.99 Å². The van der Waals surface area contributed by atoms with Gasteiger partial charge in [0.25, 0.3) is 0 Å². The first-order valence-electron chi connectivity index (χ1n) is 11.6. The van der Waals surface area contributed by atoms with Gasteiger partial charge in [0.1, 0.15) is 5.75 Å². The summed E-state index contributed by atoms with van der Waals surface area (Å²) >= 11 is 6.11. The molecule has 182 valence electrons. The van der Waals surface area contributed by atoms with E-state index in [1.807, 2.05) is 55.5 Å². The van der Waals surface area contributed by atoms with Gasteiger partial charge in [-0.1, -0.05) is 36.4 Å². The van der Waals surface area contributed by atoms with Crippen LogP contribution in [0.4, 0.5) is 0 Å². The highest BCUT2D eigenvalue weighted by molar-refractivity contribution is 6.18. The van der Waals surface area contributed by atoms with Crippen molar-refractivity contribution in [3.63, 3.8) is 0 Å². The number of rotatable bonds is 7. The molecule has 5 nitrogen and oxygen atoms in total. The number of allylic oxidation sites excluding steroid dienone is 1. The monoisotopic (exact) mass is 491 g/mol. The zero-order valence-electron chi connectivity index (χ0n) is 20.5. The lowest BCUT2D eigenvalue weighted by molar-refractivity contribution is -0.160. The van der Waals surface area contributed by atoms with Gasteiger partial charge in [0.2, 0.25) is 0 Å². The van der Waals surface area contributed by atoms with Crippen molar-refractivity contribution >= 4 is 40.1 Å². The highest BCUT2D eigenvalue weighted by Crippen LogP contribution is 2.43. The minimum absolute atomic E-state index is 0.169. The van der Waals surface area contributed by atoms with Crippen molar-refractivity contribution in [3.8, 4) is 16.9 Å². The lowest BCUT2D eigenvalue weighted by atomic mass is 9.85. The van der Waals surface area contributed by atoms with E-state index in [1.165, 1.54) is 0 Å². The Kier molecular flexibility index (Phi) is 7.29. The van der Waals surface area contributed by atoms with E-state index in [4.69, 9.17) is 21.1 Å². The molecular weight excluding hydrogens is 462 g/mol. The normalized spacial score (nSPS) is 15.9. The zero-order valence-corrected chi connectivity index (χ0v) is 21.2. The number of benzene rings is 3. The minimum atomic E-state index is -1.18. The first-order valence-corrected chi connectivity index (χ1v) is 12.2. The summed E-state index contributed by atoms with van der Waals surface area (Å²) in [5, 5.41) is 12.3. The molecule has 1 heterocycles. The molecule has 1 atom stereocenters. The van der Waals surface area contributed by atoms with Crippen molar-refractivity contribution in [1.82, 2.24) is 0 Å². The molecule has 0 aromatic heterocycles. The van der Waals surface area contributed by atoms with Crippen LogP contribution in [0.2, 0.25) is 0 Å². The lowest BCUT2D eigenvalue weighted by Crippen LogP contribution is -2.32. The number of carbonyl (C=O) groups is 1. The summed E-state index contributed by atoms with van der Waals surface area (Å²) in [6.07, 6.45) is 3.38. The smallest absolute Gasteiger partial charge is 0.337 e. The average Bonchev–Trinajstić information content (AvgIpc) is 2.85. The largest absolute Gasteiger partial charge is 0.493 e. The molecule has 0 radical (unpaired) electrons. The maximum absolute atomic E-state index is 12.6. The standard InChI is InChI=1S/C29H30ClNO4/c1-18-15-20-7-5-6-8-22(20)26(25(18)27(28(32)33)35-29(2,3)17-30)21-9-10-24-23(16-21)19(11-13-31-4)12-14-34-24/h5-11,13,15-16,27H,12,14,17H2,1-4H3,(H,32,33)/b19-11-,31-13?/t27-/m0/s1. The third-order valence-electron chi connectivity index (χ3n) is 6.21. The quantitative estimate of drug-likeness (QED) is 0.290. The van der Waals surface area contributed by atoms with E-state index in [-0.39, 0.29) is 5.88 Å². The number of alkyl halides is 1. The molecule has 0 spiro atoms. The second-order valence-corrected chi connectivity index (χ2v) is 9.61. The number of nitrogens with zero attached hydrogens (tertiary/aromatic N) is 1. The van der Waals surface area contributed by atoms with Crippen LogP contribution in [0.3, 0.4) is 0 Å². The molecule has 35 heavy (non-hydrogen) atoms. The van der Waals surface area contributed by atoms with E-state index >= 15 is 0 Å². The maximum Gasteiger partial charge on any atom is 0.337 e. The van der Waals surface area contributed by atoms with Crippen LogP contribution in [-0.2, 0) is 9.53 Å². The molecule has 0 saturated heterocycles. The van der Waals surface area contributed by atoms with E-state index in [2.05, 4.69) is 11.1 Å². The number of ether oxygens (including phenoxy) is 2. The number of carboxylic acid groups (broad SMARTS) is 1. The van der Waals surface area contributed by atoms with E-state index in [0.29, 0.717) is 12.2 Å². The third kappa shape index (κ3) is 5.12. The van der Waals surface area contributed by atoms with Crippen LogP contribution >= 0.6 is 11.6 Å².